The Kier molecular flexibility index (Phi) is 5.55. The number of aryl methyl sites for hydroxylation is 3. The number of imidazole rings is 1. The lowest BCUT2D eigenvalue weighted by molar-refractivity contribution is 0.504. The van der Waals surface area contributed by atoms with E-state index in [0.29, 0.717) is 6.54 Å². The summed E-state index contributed by atoms with van der Waals surface area (Å²) >= 11 is 0. The van der Waals surface area contributed by atoms with Crippen LogP contribution in [-0.4, -0.2) is 43.9 Å². The maximum Gasteiger partial charge on any atom is 0.191 e. The largest absolute Gasteiger partial charge is 0.356 e. The molecule has 8 heteroatoms. The van der Waals surface area contributed by atoms with Gasteiger partial charge in [-0.1, -0.05) is 12.1 Å². The summed E-state index contributed by atoms with van der Waals surface area (Å²) < 4.78 is 4.51. The van der Waals surface area contributed by atoms with E-state index >= 15 is 0 Å². The molecule has 3 heterocycles. The molecule has 28 heavy (non-hydrogen) atoms. The normalized spacial score (nSPS) is 14.3. The Hall–Kier alpha value is -2.90. The van der Waals surface area contributed by atoms with E-state index in [2.05, 4.69) is 65.1 Å². The van der Waals surface area contributed by atoms with Gasteiger partial charge < -0.3 is 19.8 Å². The molecule has 1 aliphatic heterocycles. The molecule has 1 aliphatic rings. The molecule has 0 radical (unpaired) electrons. The molecule has 0 amide bonds. The monoisotopic (exact) mass is 380 g/mol. The molecular formula is C20H28N8. The number of rotatable bonds is 6. The Bertz CT molecular complexity index is 968. The molecule has 1 aromatic carbocycles. The number of aromatic nitrogens is 5. The van der Waals surface area contributed by atoms with Gasteiger partial charge in [-0.15, -0.1) is 10.2 Å². The first-order valence-corrected chi connectivity index (χ1v) is 10.0. The van der Waals surface area contributed by atoms with E-state index in [4.69, 9.17) is 0 Å². The van der Waals surface area contributed by atoms with Gasteiger partial charge in [-0.25, -0.2) is 4.98 Å². The van der Waals surface area contributed by atoms with Gasteiger partial charge in [0.1, 0.15) is 11.6 Å². The van der Waals surface area contributed by atoms with E-state index in [1.165, 1.54) is 18.4 Å². The third-order valence-corrected chi connectivity index (χ3v) is 5.27. The first-order valence-electron chi connectivity index (χ1n) is 10.0. The molecule has 0 aliphatic carbocycles. The van der Waals surface area contributed by atoms with Gasteiger partial charge in [0.15, 0.2) is 11.8 Å². The first-order chi connectivity index (χ1) is 13.8. The third-order valence-electron chi connectivity index (χ3n) is 5.27. The summed E-state index contributed by atoms with van der Waals surface area (Å²) in [5, 5.41) is 15.4. The van der Waals surface area contributed by atoms with Crippen molar-refractivity contribution in [2.24, 2.45) is 4.99 Å². The number of fused-ring (bicyclic) bond motifs is 2. The first kappa shape index (κ1) is 18.5. The molecule has 4 rings (SSSR count). The van der Waals surface area contributed by atoms with Crippen LogP contribution in [0.2, 0.25) is 0 Å². The van der Waals surface area contributed by atoms with Crippen LogP contribution in [0.5, 0.6) is 0 Å². The minimum atomic E-state index is 0.637. The molecule has 2 N–H and O–H groups in total. The van der Waals surface area contributed by atoms with Crippen molar-refractivity contribution in [2.75, 3.05) is 13.6 Å². The Balaban J connectivity index is 1.27. The van der Waals surface area contributed by atoms with Crippen molar-refractivity contribution in [1.29, 1.82) is 0 Å². The Labute approximate surface area is 165 Å². The number of guanidine groups is 1. The number of nitrogens with zero attached hydrogens (tertiary/aromatic N) is 6. The molecule has 148 valence electrons. The highest BCUT2D eigenvalue weighted by Crippen LogP contribution is 2.16. The molecule has 3 aromatic rings. The molecule has 2 aromatic heterocycles. The zero-order chi connectivity index (χ0) is 19.3. The molecule has 0 saturated carbocycles. The quantitative estimate of drug-likeness (QED) is 0.388. The van der Waals surface area contributed by atoms with Crippen LogP contribution in [0.1, 0.15) is 36.7 Å². The Morgan fingerprint density at radius 2 is 2.07 bits per heavy atom. The fraction of sp³-hybridized carbons (Fsp3) is 0.500. The number of hydrogen-bond donors (Lipinski definition) is 2. The lowest BCUT2D eigenvalue weighted by Crippen LogP contribution is -2.38. The van der Waals surface area contributed by atoms with Gasteiger partial charge in [-0.05, 0) is 38.3 Å². The average molecular weight is 381 g/mol. The number of aliphatic imine (C=N–C) groups is 1. The van der Waals surface area contributed by atoms with Crippen LogP contribution in [-0.2, 0) is 26.1 Å². The number of hydrogen-bond acceptors (Lipinski definition) is 4. The highest BCUT2D eigenvalue weighted by atomic mass is 15.3. The fourth-order valence-electron chi connectivity index (χ4n) is 3.80. The SMILES string of the molecule is CN=C(NCCCn1c(C)nc2ccccc21)NCc1nnc2n1CCCC2. The number of para-hydroxylation sites is 2. The van der Waals surface area contributed by atoms with Gasteiger partial charge in [0.25, 0.3) is 0 Å². The van der Waals surface area contributed by atoms with E-state index in [-0.39, 0.29) is 0 Å². The summed E-state index contributed by atoms with van der Waals surface area (Å²) in [5.74, 6) is 3.94. The van der Waals surface area contributed by atoms with Crippen LogP contribution in [0.25, 0.3) is 11.0 Å². The van der Waals surface area contributed by atoms with Crippen molar-refractivity contribution in [3.05, 3.63) is 41.7 Å². The topological polar surface area (TPSA) is 84.9 Å². The minimum Gasteiger partial charge on any atom is -0.356 e. The second-order valence-electron chi connectivity index (χ2n) is 7.15. The lowest BCUT2D eigenvalue weighted by atomic mass is 10.2. The highest BCUT2D eigenvalue weighted by molar-refractivity contribution is 5.79. The van der Waals surface area contributed by atoms with Crippen LogP contribution in [0, 0.1) is 6.92 Å². The second kappa shape index (κ2) is 8.41. The van der Waals surface area contributed by atoms with Crippen molar-refractivity contribution >= 4 is 17.0 Å². The molecule has 8 nitrogen and oxygen atoms in total. The summed E-state index contributed by atoms with van der Waals surface area (Å²) in [4.78, 5) is 8.95. The lowest BCUT2D eigenvalue weighted by Gasteiger charge is -2.16. The summed E-state index contributed by atoms with van der Waals surface area (Å²) in [6.45, 7) is 5.48. The minimum absolute atomic E-state index is 0.637. The molecule has 0 unspecified atom stereocenters. The van der Waals surface area contributed by atoms with Crippen LogP contribution in [0.3, 0.4) is 0 Å². The molecule has 0 atom stereocenters. The maximum atomic E-state index is 4.63. The van der Waals surface area contributed by atoms with Gasteiger partial charge in [0.2, 0.25) is 0 Å². The Morgan fingerprint density at radius 3 is 2.96 bits per heavy atom. The summed E-state index contributed by atoms with van der Waals surface area (Å²) in [6, 6.07) is 8.28. The fourth-order valence-corrected chi connectivity index (χ4v) is 3.80. The van der Waals surface area contributed by atoms with Crippen LogP contribution < -0.4 is 10.6 Å². The summed E-state index contributed by atoms with van der Waals surface area (Å²) in [6.07, 6.45) is 4.43. The van der Waals surface area contributed by atoms with E-state index < -0.39 is 0 Å². The van der Waals surface area contributed by atoms with E-state index in [1.807, 2.05) is 6.07 Å². The van der Waals surface area contributed by atoms with Crippen LogP contribution >= 0.6 is 0 Å². The summed E-state index contributed by atoms with van der Waals surface area (Å²) in [5.41, 5.74) is 2.25. The molecular weight excluding hydrogens is 352 g/mol. The van der Waals surface area contributed by atoms with Gasteiger partial charge in [-0.2, -0.15) is 0 Å². The third kappa shape index (κ3) is 3.85. The summed E-state index contributed by atoms with van der Waals surface area (Å²) in [7, 11) is 1.79. The van der Waals surface area contributed by atoms with E-state index in [9.17, 15) is 0 Å². The van der Waals surface area contributed by atoms with Crippen molar-refractivity contribution in [1.82, 2.24) is 34.9 Å². The smallest absolute Gasteiger partial charge is 0.191 e. The van der Waals surface area contributed by atoms with Crippen LogP contribution in [0.4, 0.5) is 0 Å². The van der Waals surface area contributed by atoms with E-state index in [0.717, 1.165) is 61.4 Å². The molecule has 0 saturated heterocycles. The zero-order valence-corrected chi connectivity index (χ0v) is 16.6. The van der Waals surface area contributed by atoms with Crippen molar-refractivity contribution in [3.8, 4) is 0 Å². The van der Waals surface area contributed by atoms with E-state index in [1.54, 1.807) is 7.05 Å². The van der Waals surface area contributed by atoms with Gasteiger partial charge in [0, 0.05) is 33.1 Å². The standard InChI is InChI=1S/C20H28N8/c1-15-24-16-8-3-4-9-17(16)27(15)13-7-11-22-20(21-2)23-14-19-26-25-18-10-5-6-12-28(18)19/h3-4,8-9H,5-7,10-14H2,1-2H3,(H2,21,22,23). The molecule has 0 fully saturated rings. The molecule has 0 spiro atoms. The average Bonchev–Trinajstić information content (AvgIpc) is 3.28. The van der Waals surface area contributed by atoms with Crippen molar-refractivity contribution in [2.45, 2.75) is 52.2 Å². The van der Waals surface area contributed by atoms with Crippen molar-refractivity contribution in [3.63, 3.8) is 0 Å². The van der Waals surface area contributed by atoms with Gasteiger partial charge in [0.05, 0.1) is 17.6 Å². The molecule has 0 bridgehead atoms. The van der Waals surface area contributed by atoms with Gasteiger partial charge in [-0.3, -0.25) is 4.99 Å². The predicted octanol–water partition coefficient (Wildman–Crippen LogP) is 2.03. The second-order valence-corrected chi connectivity index (χ2v) is 7.15. The van der Waals surface area contributed by atoms with Crippen LogP contribution in [0.15, 0.2) is 29.3 Å². The number of nitrogens with one attached hydrogen (secondary N) is 2. The number of benzene rings is 1. The van der Waals surface area contributed by atoms with Crippen molar-refractivity contribution < 1.29 is 0 Å². The predicted molar refractivity (Wildman–Crippen MR) is 110 cm³/mol. The van der Waals surface area contributed by atoms with Gasteiger partial charge >= 0.3 is 0 Å². The Morgan fingerprint density at radius 1 is 1.18 bits per heavy atom. The zero-order valence-electron chi connectivity index (χ0n) is 16.6. The maximum absolute atomic E-state index is 4.63. The highest BCUT2D eigenvalue weighted by Gasteiger charge is 2.15.